The number of nitrogens with zero attached hydrogens (tertiary/aromatic N) is 4. The second kappa shape index (κ2) is 7.32. The summed E-state index contributed by atoms with van der Waals surface area (Å²) in [5, 5.41) is 6.51. The fourth-order valence-corrected chi connectivity index (χ4v) is 2.72. The van der Waals surface area contributed by atoms with E-state index in [1.165, 1.54) is 6.21 Å². The Hall–Kier alpha value is -3.62. The molecule has 136 valence electrons. The minimum absolute atomic E-state index is 0.0971. The monoisotopic (exact) mass is 364 g/mol. The Bertz CT molecular complexity index is 1020. The molecule has 3 aromatic rings. The molecule has 1 aromatic carbocycles. The quantitative estimate of drug-likeness (QED) is 0.682. The number of para-hydroxylation sites is 2. The lowest BCUT2D eigenvalue weighted by molar-refractivity contribution is -0.121. The Morgan fingerprint density at radius 2 is 2.15 bits per heavy atom. The molecule has 0 fully saturated rings. The number of dihydropyridines is 1. The van der Waals surface area contributed by atoms with E-state index in [0.29, 0.717) is 6.42 Å². The normalized spacial score (nSPS) is 16.1. The summed E-state index contributed by atoms with van der Waals surface area (Å²) >= 11 is 0. The van der Waals surface area contributed by atoms with Crippen LogP contribution in [0.3, 0.4) is 0 Å². The van der Waals surface area contributed by atoms with Crippen molar-refractivity contribution >= 4 is 29.1 Å². The number of imidazole rings is 1. The molecule has 2 amide bonds. The first-order chi connectivity index (χ1) is 13.2. The average molecular weight is 364 g/mol. The first kappa shape index (κ1) is 16.8. The van der Waals surface area contributed by atoms with Crippen molar-refractivity contribution in [3.05, 3.63) is 54.0 Å². The van der Waals surface area contributed by atoms with Crippen LogP contribution < -0.4 is 5.32 Å². The summed E-state index contributed by atoms with van der Waals surface area (Å²) in [4.78, 5) is 39.2. The number of benzene rings is 1. The Kier molecular flexibility index (Phi) is 4.56. The summed E-state index contributed by atoms with van der Waals surface area (Å²) < 4.78 is 5.09. The summed E-state index contributed by atoms with van der Waals surface area (Å²) in [6, 6.07) is 7.71. The van der Waals surface area contributed by atoms with Gasteiger partial charge in [-0.1, -0.05) is 23.4 Å². The number of aryl methyl sites for hydroxylation is 1. The van der Waals surface area contributed by atoms with Gasteiger partial charge in [-0.25, -0.2) is 9.98 Å². The maximum atomic E-state index is 12.0. The highest BCUT2D eigenvalue weighted by Gasteiger charge is 2.24. The second-order valence-corrected chi connectivity index (χ2v) is 6.00. The third kappa shape index (κ3) is 3.81. The molecular weight excluding hydrogens is 348 g/mol. The van der Waals surface area contributed by atoms with Crippen molar-refractivity contribution in [1.82, 2.24) is 25.4 Å². The summed E-state index contributed by atoms with van der Waals surface area (Å²) in [5.41, 5.74) is 1.82. The minimum atomic E-state index is -0.642. The molecule has 27 heavy (non-hydrogen) atoms. The number of nitrogens with one attached hydrogen (secondary N) is 2. The fourth-order valence-electron chi connectivity index (χ4n) is 2.72. The molecule has 9 nitrogen and oxygen atoms in total. The van der Waals surface area contributed by atoms with Crippen LogP contribution in [0.5, 0.6) is 0 Å². The topological polar surface area (TPSA) is 126 Å². The van der Waals surface area contributed by atoms with Crippen molar-refractivity contribution in [1.29, 1.82) is 0 Å². The lowest BCUT2D eigenvalue weighted by Gasteiger charge is -2.04. The molecular formula is C18H16N6O3. The SMILES string of the molecule is O=C(CCc1nc2ccccc2[nH]1)NCc1nc(C2C=CC=NC2=O)no1. The molecule has 4 rings (SSSR count). The van der Waals surface area contributed by atoms with Gasteiger partial charge in [0, 0.05) is 19.1 Å². The third-order valence-corrected chi connectivity index (χ3v) is 4.08. The van der Waals surface area contributed by atoms with Crippen molar-refractivity contribution in [2.24, 2.45) is 4.99 Å². The number of amides is 2. The third-order valence-electron chi connectivity index (χ3n) is 4.08. The van der Waals surface area contributed by atoms with Crippen LogP contribution in [0.15, 0.2) is 45.9 Å². The molecule has 2 N–H and O–H groups in total. The Morgan fingerprint density at radius 3 is 3.00 bits per heavy atom. The fraction of sp³-hybridized carbons (Fsp3) is 0.222. The van der Waals surface area contributed by atoms with Crippen molar-refractivity contribution in [3.8, 4) is 0 Å². The number of aromatic nitrogens is 4. The highest BCUT2D eigenvalue weighted by atomic mass is 16.5. The van der Waals surface area contributed by atoms with E-state index < -0.39 is 5.92 Å². The molecule has 0 saturated heterocycles. The zero-order chi connectivity index (χ0) is 18.6. The number of hydrogen-bond acceptors (Lipinski definition) is 6. The summed E-state index contributed by atoms with van der Waals surface area (Å²) in [5.74, 6) is 0.0801. The van der Waals surface area contributed by atoms with Crippen molar-refractivity contribution < 1.29 is 14.1 Å². The van der Waals surface area contributed by atoms with Crippen LogP contribution >= 0.6 is 0 Å². The Morgan fingerprint density at radius 1 is 1.26 bits per heavy atom. The average Bonchev–Trinajstić information content (AvgIpc) is 3.31. The number of allylic oxidation sites excluding steroid dienone is 1. The van der Waals surface area contributed by atoms with Gasteiger partial charge in [0.15, 0.2) is 5.82 Å². The van der Waals surface area contributed by atoms with Crippen LogP contribution in [0.1, 0.15) is 29.9 Å². The van der Waals surface area contributed by atoms with E-state index in [-0.39, 0.29) is 36.5 Å². The Balaban J connectivity index is 1.28. The molecule has 1 unspecified atom stereocenters. The highest BCUT2D eigenvalue weighted by Crippen LogP contribution is 2.18. The number of H-pyrrole nitrogens is 1. The zero-order valence-corrected chi connectivity index (χ0v) is 14.3. The smallest absolute Gasteiger partial charge is 0.260 e. The van der Waals surface area contributed by atoms with Crippen LogP contribution in [0, 0.1) is 0 Å². The van der Waals surface area contributed by atoms with Gasteiger partial charge in [-0.2, -0.15) is 4.98 Å². The van der Waals surface area contributed by atoms with Crippen LogP contribution in [-0.2, 0) is 22.6 Å². The molecule has 1 aliphatic rings. The first-order valence-electron chi connectivity index (χ1n) is 8.46. The van der Waals surface area contributed by atoms with Crippen molar-refractivity contribution in [2.75, 3.05) is 0 Å². The molecule has 9 heteroatoms. The van der Waals surface area contributed by atoms with Crippen molar-refractivity contribution in [3.63, 3.8) is 0 Å². The molecule has 1 aliphatic heterocycles. The van der Waals surface area contributed by atoms with E-state index in [9.17, 15) is 9.59 Å². The van der Waals surface area contributed by atoms with E-state index in [4.69, 9.17) is 4.52 Å². The number of carbonyl (C=O) groups excluding carboxylic acids is 2. The predicted molar refractivity (Wildman–Crippen MR) is 95.9 cm³/mol. The summed E-state index contributed by atoms with van der Waals surface area (Å²) in [7, 11) is 0. The van der Waals surface area contributed by atoms with Crippen LogP contribution in [-0.4, -0.2) is 38.1 Å². The van der Waals surface area contributed by atoms with E-state index in [0.717, 1.165) is 16.9 Å². The van der Waals surface area contributed by atoms with Gasteiger partial charge in [0.1, 0.15) is 11.7 Å². The van der Waals surface area contributed by atoms with Gasteiger partial charge in [-0.05, 0) is 18.2 Å². The molecule has 0 spiro atoms. The van der Waals surface area contributed by atoms with E-state index in [2.05, 4.69) is 30.4 Å². The van der Waals surface area contributed by atoms with Crippen LogP contribution in [0.2, 0.25) is 0 Å². The van der Waals surface area contributed by atoms with Gasteiger partial charge in [0.05, 0.1) is 17.6 Å². The molecule has 0 bridgehead atoms. The van der Waals surface area contributed by atoms with E-state index in [1.54, 1.807) is 12.2 Å². The highest BCUT2D eigenvalue weighted by molar-refractivity contribution is 5.96. The first-order valence-corrected chi connectivity index (χ1v) is 8.46. The maximum absolute atomic E-state index is 12.0. The van der Waals surface area contributed by atoms with Crippen LogP contribution in [0.25, 0.3) is 11.0 Å². The number of rotatable bonds is 6. The molecule has 1 atom stereocenters. The zero-order valence-electron chi connectivity index (χ0n) is 14.3. The number of aliphatic imine (C=N–C) groups is 1. The largest absolute Gasteiger partial charge is 0.347 e. The minimum Gasteiger partial charge on any atom is -0.347 e. The van der Waals surface area contributed by atoms with Crippen LogP contribution in [0.4, 0.5) is 0 Å². The summed E-state index contributed by atoms with van der Waals surface area (Å²) in [6.07, 6.45) is 5.49. The number of aromatic amines is 1. The van der Waals surface area contributed by atoms with Crippen molar-refractivity contribution in [2.45, 2.75) is 25.3 Å². The van der Waals surface area contributed by atoms with Gasteiger partial charge >= 0.3 is 0 Å². The molecule has 3 heterocycles. The van der Waals surface area contributed by atoms with Gasteiger partial charge in [0.25, 0.3) is 5.91 Å². The van der Waals surface area contributed by atoms with Gasteiger partial charge in [-0.15, -0.1) is 0 Å². The lowest BCUT2D eigenvalue weighted by atomic mass is 10.1. The Labute approximate surface area is 153 Å². The molecule has 0 saturated carbocycles. The van der Waals surface area contributed by atoms with E-state index >= 15 is 0 Å². The van der Waals surface area contributed by atoms with Gasteiger partial charge in [0.2, 0.25) is 11.8 Å². The summed E-state index contributed by atoms with van der Waals surface area (Å²) in [6.45, 7) is 0.0971. The lowest BCUT2D eigenvalue weighted by Crippen LogP contribution is -2.23. The maximum Gasteiger partial charge on any atom is 0.260 e. The number of fused-ring (bicyclic) bond motifs is 1. The molecule has 0 aliphatic carbocycles. The van der Waals surface area contributed by atoms with E-state index in [1.807, 2.05) is 24.3 Å². The van der Waals surface area contributed by atoms with Gasteiger partial charge < -0.3 is 14.8 Å². The molecule has 0 radical (unpaired) electrons. The molecule has 2 aromatic heterocycles. The number of carbonyl (C=O) groups is 2. The standard InChI is InChI=1S/C18H16N6O3/c25-15(8-7-14-21-12-5-1-2-6-13(12)22-14)20-10-16-23-17(24-27-16)11-4-3-9-19-18(11)26/h1-6,9,11H,7-8,10H2,(H,20,25)(H,21,22). The predicted octanol–water partition coefficient (Wildman–Crippen LogP) is 1.45. The number of hydrogen-bond donors (Lipinski definition) is 2. The van der Waals surface area contributed by atoms with Gasteiger partial charge in [-0.3, -0.25) is 9.59 Å². The second-order valence-electron chi connectivity index (χ2n) is 6.00.